The molecule has 0 spiro atoms. The molecule has 2 N–H and O–H groups in total. The van der Waals surface area contributed by atoms with Crippen molar-refractivity contribution in [2.24, 2.45) is 0 Å². The molecule has 0 saturated heterocycles. The lowest BCUT2D eigenvalue weighted by Crippen LogP contribution is -2.40. The lowest BCUT2D eigenvalue weighted by molar-refractivity contribution is 0.115. The number of nitrogens with one attached hydrogen (secondary N) is 2. The lowest BCUT2D eigenvalue weighted by atomic mass is 9.85. The van der Waals surface area contributed by atoms with Crippen molar-refractivity contribution in [3.05, 3.63) is 36.2 Å². The van der Waals surface area contributed by atoms with Gasteiger partial charge in [-0.15, -0.1) is 0 Å². The summed E-state index contributed by atoms with van der Waals surface area (Å²) in [5.74, 6) is 0.882. The third-order valence-corrected chi connectivity index (χ3v) is 4.39. The van der Waals surface area contributed by atoms with Gasteiger partial charge in [0, 0.05) is 12.6 Å². The highest BCUT2D eigenvalue weighted by Gasteiger charge is 2.30. The largest absolute Gasteiger partial charge is 0.372 e. The molecule has 0 aromatic heterocycles. The zero-order valence-corrected chi connectivity index (χ0v) is 14.6. The minimum Gasteiger partial charge on any atom is -0.372 e. The van der Waals surface area contributed by atoms with Gasteiger partial charge in [0.2, 0.25) is 0 Å². The average molecular weight is 308 g/mol. The zero-order valence-electron chi connectivity index (χ0n) is 14.6. The standard InChI is InChI=1S/C19H33FN2/c1-5-9-17(6-2)10-7-8-15-21-16(3)22-18-11-13-19(4,20)14-12-18/h5-6,9,18,21-22H,3,7-8,10-15H2,1-2,4H3/b9-5-,17-6+. The predicted molar refractivity (Wildman–Crippen MR) is 94.5 cm³/mol. The fourth-order valence-electron chi connectivity index (χ4n) is 2.89. The summed E-state index contributed by atoms with van der Waals surface area (Å²) in [7, 11) is 0. The van der Waals surface area contributed by atoms with E-state index in [9.17, 15) is 4.39 Å². The minimum atomic E-state index is -0.968. The maximum atomic E-state index is 13.7. The summed E-state index contributed by atoms with van der Waals surface area (Å²) in [5, 5.41) is 6.73. The van der Waals surface area contributed by atoms with Gasteiger partial charge < -0.3 is 10.6 Å². The van der Waals surface area contributed by atoms with Gasteiger partial charge in [0.15, 0.2) is 0 Å². The third-order valence-electron chi connectivity index (χ3n) is 4.39. The molecule has 3 heteroatoms. The van der Waals surface area contributed by atoms with Gasteiger partial charge in [0.05, 0.1) is 5.82 Å². The highest BCUT2D eigenvalue weighted by Crippen LogP contribution is 2.31. The van der Waals surface area contributed by atoms with E-state index in [2.05, 4.69) is 49.3 Å². The Morgan fingerprint density at radius 1 is 1.27 bits per heavy atom. The van der Waals surface area contributed by atoms with E-state index in [1.165, 1.54) is 12.0 Å². The summed E-state index contributed by atoms with van der Waals surface area (Å²) >= 11 is 0. The minimum absolute atomic E-state index is 0.369. The van der Waals surface area contributed by atoms with E-state index < -0.39 is 5.67 Å². The Morgan fingerprint density at radius 3 is 2.55 bits per heavy atom. The quantitative estimate of drug-likeness (QED) is 0.462. The smallest absolute Gasteiger partial charge is 0.108 e. The molecule has 1 aliphatic carbocycles. The van der Waals surface area contributed by atoms with Crippen LogP contribution in [0, 0.1) is 0 Å². The van der Waals surface area contributed by atoms with Crippen molar-refractivity contribution in [1.29, 1.82) is 0 Å². The molecule has 0 atom stereocenters. The molecule has 0 aliphatic heterocycles. The van der Waals surface area contributed by atoms with Gasteiger partial charge in [-0.25, -0.2) is 4.39 Å². The molecule has 0 bridgehead atoms. The van der Waals surface area contributed by atoms with Crippen molar-refractivity contribution in [3.63, 3.8) is 0 Å². The van der Waals surface area contributed by atoms with E-state index in [4.69, 9.17) is 0 Å². The van der Waals surface area contributed by atoms with Crippen LogP contribution in [0.1, 0.15) is 65.7 Å². The second-order valence-electron chi connectivity index (χ2n) is 6.56. The maximum absolute atomic E-state index is 13.7. The monoisotopic (exact) mass is 308 g/mol. The molecule has 2 nitrogen and oxygen atoms in total. The van der Waals surface area contributed by atoms with Crippen LogP contribution in [0.25, 0.3) is 0 Å². The summed E-state index contributed by atoms with van der Waals surface area (Å²) in [6, 6.07) is 0.369. The van der Waals surface area contributed by atoms with Crippen LogP contribution in [0.15, 0.2) is 36.2 Å². The zero-order chi connectivity index (χ0) is 16.4. The second-order valence-corrected chi connectivity index (χ2v) is 6.56. The van der Waals surface area contributed by atoms with Gasteiger partial charge in [0.1, 0.15) is 5.67 Å². The average Bonchev–Trinajstić information content (AvgIpc) is 2.48. The van der Waals surface area contributed by atoms with E-state index in [1.807, 2.05) is 0 Å². The molecule has 0 unspecified atom stereocenters. The van der Waals surface area contributed by atoms with Crippen LogP contribution < -0.4 is 10.6 Å². The molecule has 1 fully saturated rings. The Balaban J connectivity index is 2.09. The molecule has 0 heterocycles. The Kier molecular flexibility index (Phi) is 8.29. The van der Waals surface area contributed by atoms with Crippen molar-refractivity contribution in [2.45, 2.75) is 77.4 Å². The number of allylic oxidation sites excluding steroid dienone is 4. The number of rotatable bonds is 9. The van der Waals surface area contributed by atoms with E-state index in [0.717, 1.165) is 38.0 Å². The summed E-state index contributed by atoms with van der Waals surface area (Å²) in [6.45, 7) is 10.8. The number of alkyl halides is 1. The molecule has 22 heavy (non-hydrogen) atoms. The highest BCUT2D eigenvalue weighted by molar-refractivity contribution is 5.16. The number of halogens is 1. The first-order valence-electron chi connectivity index (χ1n) is 8.63. The number of hydrogen-bond acceptors (Lipinski definition) is 2. The molecule has 126 valence electrons. The van der Waals surface area contributed by atoms with Crippen LogP contribution in [0.5, 0.6) is 0 Å². The first kappa shape index (κ1) is 18.8. The van der Waals surface area contributed by atoms with Gasteiger partial charge in [0.25, 0.3) is 0 Å². The number of hydrogen-bond donors (Lipinski definition) is 2. The van der Waals surface area contributed by atoms with E-state index in [0.29, 0.717) is 18.9 Å². The molecule has 1 aliphatic rings. The molecular weight excluding hydrogens is 275 g/mol. The van der Waals surface area contributed by atoms with Crippen molar-refractivity contribution in [3.8, 4) is 0 Å². The van der Waals surface area contributed by atoms with Gasteiger partial charge in [-0.2, -0.15) is 0 Å². The summed E-state index contributed by atoms with van der Waals surface area (Å²) < 4.78 is 13.7. The molecule has 1 saturated carbocycles. The molecule has 1 rings (SSSR count). The topological polar surface area (TPSA) is 24.1 Å². The number of unbranched alkanes of at least 4 members (excludes halogenated alkanes) is 1. The first-order valence-corrected chi connectivity index (χ1v) is 8.63. The van der Waals surface area contributed by atoms with Gasteiger partial charge >= 0.3 is 0 Å². The Bertz CT molecular complexity index is 386. The molecule has 0 aromatic rings. The van der Waals surface area contributed by atoms with E-state index in [-0.39, 0.29) is 0 Å². The van der Waals surface area contributed by atoms with Gasteiger partial charge in [-0.1, -0.05) is 30.4 Å². The Morgan fingerprint density at radius 2 is 1.95 bits per heavy atom. The predicted octanol–water partition coefficient (Wildman–Crippen LogP) is 5.00. The normalized spacial score (nSPS) is 26.2. The van der Waals surface area contributed by atoms with Crippen LogP contribution >= 0.6 is 0 Å². The van der Waals surface area contributed by atoms with Crippen LogP contribution in [0.3, 0.4) is 0 Å². The van der Waals surface area contributed by atoms with Crippen LogP contribution in [-0.2, 0) is 0 Å². The SMILES string of the molecule is C=C(NCCCCC(/C=C\C)=C/C)NC1CCC(C)(F)CC1. The highest BCUT2D eigenvalue weighted by atomic mass is 19.1. The van der Waals surface area contributed by atoms with Crippen molar-refractivity contribution in [2.75, 3.05) is 6.54 Å². The van der Waals surface area contributed by atoms with Crippen molar-refractivity contribution >= 4 is 0 Å². The maximum Gasteiger partial charge on any atom is 0.108 e. The van der Waals surface area contributed by atoms with Crippen LogP contribution in [0.4, 0.5) is 4.39 Å². The molecule has 0 amide bonds. The summed E-state index contributed by atoms with van der Waals surface area (Å²) in [4.78, 5) is 0. The van der Waals surface area contributed by atoms with Gasteiger partial charge in [-0.3, -0.25) is 0 Å². The molecule has 0 aromatic carbocycles. The molecular formula is C19H33FN2. The Hall–Kier alpha value is -1.25. The van der Waals surface area contributed by atoms with Gasteiger partial charge in [-0.05, 0) is 65.7 Å². The second kappa shape index (κ2) is 9.70. The van der Waals surface area contributed by atoms with E-state index >= 15 is 0 Å². The third kappa shape index (κ3) is 7.67. The van der Waals surface area contributed by atoms with Crippen molar-refractivity contribution < 1.29 is 4.39 Å². The van der Waals surface area contributed by atoms with E-state index in [1.54, 1.807) is 6.92 Å². The fraction of sp³-hybridized carbons (Fsp3) is 0.684. The first-order chi connectivity index (χ1) is 10.5. The summed E-state index contributed by atoms with van der Waals surface area (Å²) in [5.41, 5.74) is 0.431. The van der Waals surface area contributed by atoms with Crippen molar-refractivity contribution in [1.82, 2.24) is 10.6 Å². The summed E-state index contributed by atoms with van der Waals surface area (Å²) in [6.07, 6.45) is 12.9. The van der Waals surface area contributed by atoms with Crippen LogP contribution in [0.2, 0.25) is 0 Å². The Labute approximate surface area is 135 Å². The fourth-order valence-corrected chi connectivity index (χ4v) is 2.89. The molecule has 0 radical (unpaired) electrons. The lowest BCUT2D eigenvalue weighted by Gasteiger charge is -2.32. The van der Waals surface area contributed by atoms with Crippen LogP contribution in [-0.4, -0.2) is 18.3 Å².